The van der Waals surface area contributed by atoms with E-state index in [0.29, 0.717) is 12.4 Å². The average Bonchev–Trinajstić information content (AvgIpc) is 2.76. The van der Waals surface area contributed by atoms with Crippen molar-refractivity contribution in [2.45, 2.75) is 13.5 Å². The van der Waals surface area contributed by atoms with E-state index in [9.17, 15) is 4.79 Å². The fourth-order valence-corrected chi connectivity index (χ4v) is 1.54. The maximum atomic E-state index is 11.0. The van der Waals surface area contributed by atoms with Crippen molar-refractivity contribution in [3.63, 3.8) is 0 Å². The number of aromatic carboxylic acids is 1. The number of hydrogen-bond acceptors (Lipinski definition) is 3. The third-order valence-corrected chi connectivity index (χ3v) is 2.51. The summed E-state index contributed by atoms with van der Waals surface area (Å²) in [4.78, 5) is 19.0. The van der Waals surface area contributed by atoms with Crippen LogP contribution in [0.25, 0.3) is 0 Å². The molecule has 2 aromatic heterocycles. The fourth-order valence-electron chi connectivity index (χ4n) is 1.54. The van der Waals surface area contributed by atoms with Gasteiger partial charge in [-0.25, -0.2) is 14.8 Å². The summed E-state index contributed by atoms with van der Waals surface area (Å²) in [6.07, 6.45) is 4.77. The summed E-state index contributed by atoms with van der Waals surface area (Å²) in [5, 5.41) is 8.99. The number of carboxylic acids is 1. The fraction of sp³-hybridized carbons (Fsp3) is 0.300. The maximum Gasteiger partial charge on any atom is 0.354 e. The summed E-state index contributed by atoms with van der Waals surface area (Å²) < 4.78 is 3.50. The molecule has 0 aliphatic heterocycles. The van der Waals surface area contributed by atoms with E-state index in [2.05, 4.69) is 9.97 Å². The zero-order valence-corrected chi connectivity index (χ0v) is 9.08. The lowest BCUT2D eigenvalue weighted by Crippen LogP contribution is -2.12. The molecule has 16 heavy (non-hydrogen) atoms. The van der Waals surface area contributed by atoms with Gasteiger partial charge in [0.05, 0.1) is 24.8 Å². The monoisotopic (exact) mass is 220 g/mol. The number of aryl methyl sites for hydroxylation is 2. The van der Waals surface area contributed by atoms with Gasteiger partial charge in [-0.1, -0.05) is 0 Å². The lowest BCUT2D eigenvalue weighted by molar-refractivity contribution is 0.0685. The zero-order valence-electron chi connectivity index (χ0n) is 9.08. The molecule has 0 atom stereocenters. The van der Waals surface area contributed by atoms with Crippen LogP contribution in [0.3, 0.4) is 0 Å². The Hall–Kier alpha value is -2.11. The SMILES string of the molecule is Cc1ncc(C(=O)O)n1Cc1cncn1C. The first kappa shape index (κ1) is 10.4. The normalized spacial score (nSPS) is 10.6. The first-order chi connectivity index (χ1) is 7.59. The Balaban J connectivity index is 2.38. The predicted molar refractivity (Wildman–Crippen MR) is 56.2 cm³/mol. The van der Waals surface area contributed by atoms with Gasteiger partial charge in [-0.2, -0.15) is 0 Å². The molecule has 0 unspecified atom stereocenters. The Bertz CT molecular complexity index is 527. The quantitative estimate of drug-likeness (QED) is 0.825. The molecule has 0 fully saturated rings. The molecule has 1 N–H and O–H groups in total. The van der Waals surface area contributed by atoms with E-state index in [-0.39, 0.29) is 5.69 Å². The average molecular weight is 220 g/mol. The largest absolute Gasteiger partial charge is 0.477 e. The van der Waals surface area contributed by atoms with Crippen LogP contribution in [0.1, 0.15) is 22.0 Å². The maximum absolute atomic E-state index is 11.0. The van der Waals surface area contributed by atoms with E-state index in [4.69, 9.17) is 5.11 Å². The van der Waals surface area contributed by atoms with Gasteiger partial charge in [-0.3, -0.25) is 0 Å². The molecule has 0 radical (unpaired) electrons. The lowest BCUT2D eigenvalue weighted by atomic mass is 10.4. The van der Waals surface area contributed by atoms with Crippen molar-refractivity contribution in [1.29, 1.82) is 0 Å². The molecule has 0 amide bonds. The second-order valence-corrected chi connectivity index (χ2v) is 3.58. The number of nitrogens with zero attached hydrogens (tertiary/aromatic N) is 4. The summed E-state index contributed by atoms with van der Waals surface area (Å²) in [5.74, 6) is -0.290. The second-order valence-electron chi connectivity index (χ2n) is 3.58. The molecule has 0 aromatic carbocycles. The minimum Gasteiger partial charge on any atom is -0.477 e. The Kier molecular flexibility index (Phi) is 2.47. The van der Waals surface area contributed by atoms with Crippen LogP contribution in [0.2, 0.25) is 0 Å². The molecule has 2 aromatic rings. The van der Waals surface area contributed by atoms with Crippen molar-refractivity contribution < 1.29 is 9.90 Å². The minimum atomic E-state index is -0.970. The highest BCUT2D eigenvalue weighted by Crippen LogP contribution is 2.09. The smallest absolute Gasteiger partial charge is 0.354 e. The van der Waals surface area contributed by atoms with E-state index in [1.165, 1.54) is 6.20 Å². The van der Waals surface area contributed by atoms with E-state index >= 15 is 0 Å². The number of hydrogen-bond donors (Lipinski definition) is 1. The molecule has 0 saturated heterocycles. The molecular formula is C10H12N4O2. The van der Waals surface area contributed by atoms with Crippen LogP contribution >= 0.6 is 0 Å². The van der Waals surface area contributed by atoms with E-state index in [1.807, 2.05) is 11.6 Å². The Morgan fingerprint density at radius 1 is 1.50 bits per heavy atom. The van der Waals surface area contributed by atoms with Crippen LogP contribution in [0, 0.1) is 6.92 Å². The lowest BCUT2D eigenvalue weighted by Gasteiger charge is -2.07. The number of rotatable bonds is 3. The molecule has 6 nitrogen and oxygen atoms in total. The van der Waals surface area contributed by atoms with E-state index in [1.54, 1.807) is 24.0 Å². The standard InChI is InChI=1S/C10H12N4O2/c1-7-12-4-9(10(15)16)14(7)5-8-3-11-6-13(8)2/h3-4,6H,5H2,1-2H3,(H,15,16). The van der Waals surface area contributed by atoms with Crippen LogP contribution in [0.5, 0.6) is 0 Å². The van der Waals surface area contributed by atoms with Crippen LogP contribution in [-0.4, -0.2) is 30.2 Å². The van der Waals surface area contributed by atoms with Crippen LogP contribution in [0.4, 0.5) is 0 Å². The first-order valence-corrected chi connectivity index (χ1v) is 4.80. The molecule has 0 bridgehead atoms. The highest BCUT2D eigenvalue weighted by atomic mass is 16.4. The summed E-state index contributed by atoms with van der Waals surface area (Å²) in [7, 11) is 1.87. The van der Waals surface area contributed by atoms with Gasteiger partial charge in [0.2, 0.25) is 0 Å². The van der Waals surface area contributed by atoms with Gasteiger partial charge in [-0.05, 0) is 6.92 Å². The van der Waals surface area contributed by atoms with Gasteiger partial charge in [-0.15, -0.1) is 0 Å². The van der Waals surface area contributed by atoms with Gasteiger partial charge >= 0.3 is 5.97 Å². The molecule has 0 aliphatic rings. The molecule has 2 rings (SSSR count). The van der Waals surface area contributed by atoms with E-state index < -0.39 is 5.97 Å². The highest BCUT2D eigenvalue weighted by molar-refractivity contribution is 5.85. The molecule has 0 spiro atoms. The van der Waals surface area contributed by atoms with Crippen molar-refractivity contribution in [1.82, 2.24) is 19.1 Å². The van der Waals surface area contributed by atoms with Crippen molar-refractivity contribution in [2.24, 2.45) is 7.05 Å². The molecule has 84 valence electrons. The molecule has 0 aliphatic carbocycles. The molecule has 6 heteroatoms. The number of carboxylic acid groups (broad SMARTS) is 1. The molecule has 0 saturated carbocycles. The Morgan fingerprint density at radius 2 is 2.25 bits per heavy atom. The molecule has 2 heterocycles. The summed E-state index contributed by atoms with van der Waals surface area (Å²) in [6.45, 7) is 2.24. The minimum absolute atomic E-state index is 0.193. The van der Waals surface area contributed by atoms with Crippen LogP contribution < -0.4 is 0 Å². The third kappa shape index (κ3) is 1.69. The van der Waals surface area contributed by atoms with E-state index in [0.717, 1.165) is 5.69 Å². The Morgan fingerprint density at radius 3 is 2.81 bits per heavy atom. The Labute approximate surface area is 92.2 Å². The topological polar surface area (TPSA) is 72.9 Å². The highest BCUT2D eigenvalue weighted by Gasteiger charge is 2.14. The number of aromatic nitrogens is 4. The number of imidazole rings is 2. The van der Waals surface area contributed by atoms with Gasteiger partial charge in [0, 0.05) is 13.2 Å². The third-order valence-electron chi connectivity index (χ3n) is 2.51. The zero-order chi connectivity index (χ0) is 11.7. The summed E-state index contributed by atoms with van der Waals surface area (Å²) in [5.41, 5.74) is 1.13. The van der Waals surface area contributed by atoms with Crippen molar-refractivity contribution >= 4 is 5.97 Å². The van der Waals surface area contributed by atoms with Gasteiger partial charge in [0.15, 0.2) is 0 Å². The second kappa shape index (κ2) is 3.80. The van der Waals surface area contributed by atoms with Crippen molar-refractivity contribution in [3.8, 4) is 0 Å². The number of carbonyl (C=O) groups is 1. The van der Waals surface area contributed by atoms with Gasteiger partial charge in [0.1, 0.15) is 11.5 Å². The summed E-state index contributed by atoms with van der Waals surface area (Å²) >= 11 is 0. The first-order valence-electron chi connectivity index (χ1n) is 4.80. The molecular weight excluding hydrogens is 208 g/mol. The van der Waals surface area contributed by atoms with Gasteiger partial charge in [0.25, 0.3) is 0 Å². The van der Waals surface area contributed by atoms with Crippen LogP contribution in [0.15, 0.2) is 18.7 Å². The van der Waals surface area contributed by atoms with Crippen LogP contribution in [-0.2, 0) is 13.6 Å². The predicted octanol–water partition coefficient (Wildman–Crippen LogP) is 0.672. The van der Waals surface area contributed by atoms with Gasteiger partial charge < -0.3 is 14.2 Å². The van der Waals surface area contributed by atoms with Crippen molar-refractivity contribution in [2.75, 3.05) is 0 Å². The van der Waals surface area contributed by atoms with Crippen molar-refractivity contribution in [3.05, 3.63) is 35.9 Å². The summed E-state index contributed by atoms with van der Waals surface area (Å²) in [6, 6.07) is 0.